The lowest BCUT2D eigenvalue weighted by molar-refractivity contribution is -0.134. The topological polar surface area (TPSA) is 62.8 Å². The van der Waals surface area contributed by atoms with Crippen LogP contribution in [-0.4, -0.2) is 13.1 Å². The van der Waals surface area contributed by atoms with Crippen LogP contribution in [0.2, 0.25) is 0 Å². The van der Waals surface area contributed by atoms with Crippen molar-refractivity contribution in [3.05, 3.63) is 61.2 Å². The zero-order valence-electron chi connectivity index (χ0n) is 9.19. The van der Waals surface area contributed by atoms with E-state index < -0.39 is 5.97 Å². The number of esters is 1. The molecule has 15 heavy (non-hydrogen) atoms. The lowest BCUT2D eigenvalue weighted by atomic mass is 10.2. The van der Waals surface area contributed by atoms with Gasteiger partial charge in [-0.2, -0.15) is 30.4 Å². The van der Waals surface area contributed by atoms with Crippen molar-refractivity contribution in [1.29, 1.82) is 0 Å². The Kier molecular flexibility index (Phi) is 10.6. The molecule has 0 unspecified atom stereocenters. The fourth-order valence-corrected chi connectivity index (χ4v) is 0.639. The smallest absolute Gasteiger partial charge is 0.329 e. The molecule has 0 bridgehead atoms. The lowest BCUT2D eigenvalue weighted by Crippen LogP contribution is -1.91. The van der Waals surface area contributed by atoms with Gasteiger partial charge in [0.2, 0.25) is 0 Å². The van der Waals surface area contributed by atoms with Crippen LogP contribution >= 0.6 is 0 Å². The normalized spacial score (nSPS) is 7.27. The van der Waals surface area contributed by atoms with Crippen molar-refractivity contribution in [3.63, 3.8) is 0 Å². The van der Waals surface area contributed by atoms with Gasteiger partial charge in [-0.1, -0.05) is 12.6 Å². The molecule has 3 nitrogen and oxygen atoms in total. The van der Waals surface area contributed by atoms with Crippen LogP contribution in [0.15, 0.2) is 49.6 Å². The van der Waals surface area contributed by atoms with E-state index in [0.29, 0.717) is 0 Å². The van der Waals surface area contributed by atoms with Crippen LogP contribution in [-0.2, 0) is 9.53 Å². The van der Waals surface area contributed by atoms with Gasteiger partial charge in [-0.15, -0.1) is 12.1 Å². The minimum atomic E-state index is -0.394. The Balaban J connectivity index is 0. The fraction of sp³-hybridized carbons (Fsp3) is 0.0833. The number of ether oxygens (including phenoxy) is 1. The van der Waals surface area contributed by atoms with Gasteiger partial charge in [0.25, 0.3) is 0 Å². The van der Waals surface area contributed by atoms with Crippen LogP contribution in [0.4, 0.5) is 0 Å². The summed E-state index contributed by atoms with van der Waals surface area (Å²) in [6.45, 7) is 6.66. The Labute approximate surface area is 90.7 Å². The van der Waals surface area contributed by atoms with Crippen LogP contribution in [0.1, 0.15) is 5.56 Å². The standard InChI is InChI=1S/C8H7.C4H6O2.H3N/c1-2-8-6-4-3-5-7-8;1-3-4(5)6-2;/h3-7H,1H2;3H,1H2,2H3;1H3/q-1;;/p+1. The van der Waals surface area contributed by atoms with Crippen molar-refractivity contribution >= 4 is 5.97 Å². The molecule has 1 aromatic rings. The summed E-state index contributed by atoms with van der Waals surface area (Å²) in [7, 11) is 1.31. The van der Waals surface area contributed by atoms with Gasteiger partial charge in [0.15, 0.2) is 0 Å². The molecule has 0 aromatic heterocycles. The summed E-state index contributed by atoms with van der Waals surface area (Å²) in [5.41, 5.74) is 1.05. The Hall–Kier alpha value is -1.87. The van der Waals surface area contributed by atoms with E-state index in [-0.39, 0.29) is 6.15 Å². The van der Waals surface area contributed by atoms with E-state index in [4.69, 9.17) is 0 Å². The lowest BCUT2D eigenvalue weighted by Gasteiger charge is -1.96. The molecule has 3 heteroatoms. The molecule has 1 rings (SSSR count). The van der Waals surface area contributed by atoms with E-state index in [9.17, 15) is 4.79 Å². The first-order valence-electron chi connectivity index (χ1n) is 4.03. The van der Waals surface area contributed by atoms with Crippen LogP contribution in [0.25, 0.3) is 0 Å². The van der Waals surface area contributed by atoms with Crippen molar-refractivity contribution in [2.75, 3.05) is 7.11 Å². The van der Waals surface area contributed by atoms with E-state index >= 15 is 0 Å². The van der Waals surface area contributed by atoms with Gasteiger partial charge in [0, 0.05) is 6.08 Å². The number of methoxy groups -OCH3 is 1. The molecule has 0 saturated carbocycles. The zero-order valence-corrected chi connectivity index (χ0v) is 9.19. The highest BCUT2D eigenvalue weighted by molar-refractivity contribution is 5.80. The molecule has 0 radical (unpaired) electrons. The van der Waals surface area contributed by atoms with Crippen molar-refractivity contribution in [2.24, 2.45) is 0 Å². The number of carbonyl (C=O) groups excluding carboxylic acids is 1. The van der Waals surface area contributed by atoms with Gasteiger partial charge in [0.1, 0.15) is 0 Å². The van der Waals surface area contributed by atoms with Gasteiger partial charge in [-0.25, -0.2) is 4.79 Å². The van der Waals surface area contributed by atoms with Gasteiger partial charge in [-0.05, 0) is 0 Å². The third-order valence-electron chi connectivity index (χ3n) is 1.35. The third-order valence-corrected chi connectivity index (χ3v) is 1.35. The summed E-state index contributed by atoms with van der Waals surface area (Å²) < 4.78 is 4.14. The summed E-state index contributed by atoms with van der Waals surface area (Å²) in [5, 5.41) is 0. The minimum absolute atomic E-state index is 0. The average Bonchev–Trinajstić information content (AvgIpc) is 2.30. The van der Waals surface area contributed by atoms with Crippen molar-refractivity contribution in [2.45, 2.75) is 0 Å². The van der Waals surface area contributed by atoms with Crippen LogP contribution in [0, 0.1) is 6.08 Å². The molecule has 82 valence electrons. The first-order valence-corrected chi connectivity index (χ1v) is 4.03. The Morgan fingerprint density at radius 2 is 1.93 bits per heavy atom. The van der Waals surface area contributed by atoms with Crippen molar-refractivity contribution in [3.8, 4) is 0 Å². The van der Waals surface area contributed by atoms with Crippen molar-refractivity contribution in [1.82, 2.24) is 6.15 Å². The van der Waals surface area contributed by atoms with Crippen molar-refractivity contribution < 1.29 is 9.53 Å². The van der Waals surface area contributed by atoms with Crippen LogP contribution in [0.3, 0.4) is 0 Å². The van der Waals surface area contributed by atoms with E-state index in [0.717, 1.165) is 11.6 Å². The molecular formula is C12H17NO2. The number of hydrogen-bond acceptors (Lipinski definition) is 2. The van der Waals surface area contributed by atoms with Crippen LogP contribution < -0.4 is 6.15 Å². The van der Waals surface area contributed by atoms with E-state index in [1.165, 1.54) is 7.11 Å². The maximum Gasteiger partial charge on any atom is 0.329 e. The summed E-state index contributed by atoms with van der Waals surface area (Å²) in [5.74, 6) is -0.394. The third kappa shape index (κ3) is 8.46. The Morgan fingerprint density at radius 3 is 2.13 bits per heavy atom. The Bertz CT molecular complexity index is 294. The minimum Gasteiger partial charge on any atom is -0.466 e. The average molecular weight is 207 g/mol. The zero-order chi connectivity index (χ0) is 10.8. The van der Waals surface area contributed by atoms with Crippen LogP contribution in [0.5, 0.6) is 0 Å². The second-order valence-electron chi connectivity index (χ2n) is 2.27. The van der Waals surface area contributed by atoms with Gasteiger partial charge < -0.3 is 10.9 Å². The molecule has 4 N–H and O–H groups in total. The maximum absolute atomic E-state index is 9.84. The highest BCUT2D eigenvalue weighted by Gasteiger charge is 1.81. The fourth-order valence-electron chi connectivity index (χ4n) is 0.639. The van der Waals surface area contributed by atoms with Gasteiger partial charge in [-0.3, -0.25) is 0 Å². The van der Waals surface area contributed by atoms with E-state index in [1.54, 1.807) is 0 Å². The predicted molar refractivity (Wildman–Crippen MR) is 62.6 cm³/mol. The summed E-state index contributed by atoms with van der Waals surface area (Å²) in [6, 6.07) is 9.84. The molecule has 0 atom stereocenters. The number of carbonyl (C=O) groups is 1. The second-order valence-corrected chi connectivity index (χ2v) is 2.27. The SMILES string of the molecule is C=CC(=O)OC.C=[C-]c1ccccc1.[NH4+]. The molecular weight excluding hydrogens is 190 g/mol. The number of rotatable bonds is 2. The number of hydrogen-bond donors (Lipinski definition) is 1. The molecule has 0 saturated heterocycles. The summed E-state index contributed by atoms with van der Waals surface area (Å²) in [6.07, 6.45) is 3.89. The van der Waals surface area contributed by atoms with E-state index in [1.807, 2.05) is 30.3 Å². The monoisotopic (exact) mass is 207 g/mol. The molecule has 0 aliphatic heterocycles. The molecule has 1 aromatic carbocycles. The summed E-state index contributed by atoms with van der Waals surface area (Å²) in [4.78, 5) is 9.84. The highest BCUT2D eigenvalue weighted by Crippen LogP contribution is 1.94. The quantitative estimate of drug-likeness (QED) is 0.460. The molecule has 0 amide bonds. The molecule has 0 fully saturated rings. The Morgan fingerprint density at radius 1 is 1.40 bits per heavy atom. The largest absolute Gasteiger partial charge is 0.466 e. The summed E-state index contributed by atoms with van der Waals surface area (Å²) >= 11 is 0. The van der Waals surface area contributed by atoms with Gasteiger partial charge >= 0.3 is 5.97 Å². The number of benzene rings is 1. The molecule has 0 aliphatic carbocycles. The molecule has 0 heterocycles. The predicted octanol–water partition coefficient (Wildman–Crippen LogP) is 2.75. The van der Waals surface area contributed by atoms with E-state index in [2.05, 4.69) is 24.0 Å². The second kappa shape index (κ2) is 10.2. The van der Waals surface area contributed by atoms with Gasteiger partial charge in [0.05, 0.1) is 7.11 Å². The first-order chi connectivity index (χ1) is 6.74. The highest BCUT2D eigenvalue weighted by atomic mass is 16.5. The maximum atomic E-state index is 9.84. The number of quaternary nitrogens is 1. The molecule has 0 aliphatic rings. The molecule has 0 spiro atoms. The first kappa shape index (κ1) is 15.6.